The maximum atomic E-state index is 11.1. The largest absolute Gasteiger partial charge is 0.473 e. The van der Waals surface area contributed by atoms with Gasteiger partial charge >= 0.3 is 0 Å². The van der Waals surface area contributed by atoms with Crippen molar-refractivity contribution < 1.29 is 19.3 Å². The SMILES string of the molecule is N=C(N)c1nonc1OCC1CN(C(=O)CO)C1. The summed E-state index contributed by atoms with van der Waals surface area (Å²) in [4.78, 5) is 12.6. The van der Waals surface area contributed by atoms with Gasteiger partial charge in [0.2, 0.25) is 11.6 Å². The molecule has 0 atom stereocenters. The van der Waals surface area contributed by atoms with Crippen molar-refractivity contribution in [1.82, 2.24) is 15.2 Å². The lowest BCUT2D eigenvalue weighted by Crippen LogP contribution is -2.53. The van der Waals surface area contributed by atoms with Crippen molar-refractivity contribution in [2.75, 3.05) is 26.3 Å². The van der Waals surface area contributed by atoms with E-state index in [4.69, 9.17) is 21.0 Å². The van der Waals surface area contributed by atoms with Crippen molar-refractivity contribution in [2.45, 2.75) is 0 Å². The molecule has 1 fully saturated rings. The van der Waals surface area contributed by atoms with E-state index in [9.17, 15) is 4.79 Å². The second-order valence-electron chi connectivity index (χ2n) is 3.97. The Morgan fingerprint density at radius 1 is 1.61 bits per heavy atom. The summed E-state index contributed by atoms with van der Waals surface area (Å²) < 4.78 is 9.74. The van der Waals surface area contributed by atoms with Gasteiger partial charge in [-0.2, -0.15) is 0 Å². The summed E-state index contributed by atoms with van der Waals surface area (Å²) in [5, 5.41) is 22.8. The first-order valence-corrected chi connectivity index (χ1v) is 5.30. The molecule has 0 aliphatic carbocycles. The summed E-state index contributed by atoms with van der Waals surface area (Å²) in [6.07, 6.45) is 0. The predicted molar refractivity (Wildman–Crippen MR) is 58.0 cm³/mol. The van der Waals surface area contributed by atoms with E-state index in [1.54, 1.807) is 0 Å². The Morgan fingerprint density at radius 2 is 2.33 bits per heavy atom. The highest BCUT2D eigenvalue weighted by atomic mass is 16.6. The number of hydrogen-bond acceptors (Lipinski definition) is 7. The van der Waals surface area contributed by atoms with Crippen LogP contribution in [0.25, 0.3) is 0 Å². The molecule has 1 aromatic rings. The highest BCUT2D eigenvalue weighted by Crippen LogP contribution is 2.18. The smallest absolute Gasteiger partial charge is 0.287 e. The minimum Gasteiger partial charge on any atom is -0.473 e. The van der Waals surface area contributed by atoms with Gasteiger partial charge in [0.25, 0.3) is 5.88 Å². The minimum atomic E-state index is -0.477. The van der Waals surface area contributed by atoms with E-state index < -0.39 is 6.61 Å². The molecule has 0 spiro atoms. The van der Waals surface area contributed by atoms with Crippen LogP contribution in [0.3, 0.4) is 0 Å². The lowest BCUT2D eigenvalue weighted by molar-refractivity contribution is -0.141. The van der Waals surface area contributed by atoms with Gasteiger partial charge < -0.3 is 20.5 Å². The van der Waals surface area contributed by atoms with Gasteiger partial charge in [0.05, 0.1) is 6.61 Å². The van der Waals surface area contributed by atoms with Gasteiger partial charge in [-0.05, 0) is 10.3 Å². The molecule has 0 unspecified atom stereocenters. The number of likely N-dealkylation sites (tertiary alicyclic amines) is 1. The maximum absolute atomic E-state index is 11.1. The van der Waals surface area contributed by atoms with Crippen molar-refractivity contribution in [1.29, 1.82) is 5.41 Å². The number of amides is 1. The van der Waals surface area contributed by atoms with Crippen molar-refractivity contribution >= 4 is 11.7 Å². The highest BCUT2D eigenvalue weighted by molar-refractivity contribution is 5.94. The second-order valence-corrected chi connectivity index (χ2v) is 3.97. The van der Waals surface area contributed by atoms with Crippen LogP contribution in [0.4, 0.5) is 0 Å². The molecule has 9 heteroatoms. The molecule has 18 heavy (non-hydrogen) atoms. The van der Waals surface area contributed by atoms with Crippen molar-refractivity contribution in [3.05, 3.63) is 5.69 Å². The number of rotatable bonds is 5. The van der Waals surface area contributed by atoms with Crippen LogP contribution in [0.15, 0.2) is 4.63 Å². The second kappa shape index (κ2) is 5.00. The number of carbonyl (C=O) groups excluding carboxylic acids is 1. The standard InChI is InChI=1S/C9H13N5O4/c10-8(11)7-9(13-18-12-7)17-4-5-1-14(2-5)6(16)3-15/h5,15H,1-4H2,(H3,10,11). The van der Waals surface area contributed by atoms with Crippen LogP contribution < -0.4 is 10.5 Å². The number of aliphatic hydroxyl groups excluding tert-OH is 1. The van der Waals surface area contributed by atoms with Gasteiger partial charge in [-0.15, -0.1) is 0 Å². The zero-order valence-corrected chi connectivity index (χ0v) is 9.50. The molecule has 1 aliphatic heterocycles. The normalized spacial score (nSPS) is 15.3. The average molecular weight is 255 g/mol. The molecule has 1 amide bonds. The van der Waals surface area contributed by atoms with E-state index in [0.717, 1.165) is 0 Å². The fraction of sp³-hybridized carbons (Fsp3) is 0.556. The molecular formula is C9H13N5O4. The van der Waals surface area contributed by atoms with Crippen LogP contribution >= 0.6 is 0 Å². The van der Waals surface area contributed by atoms with Gasteiger partial charge in [-0.1, -0.05) is 0 Å². The lowest BCUT2D eigenvalue weighted by atomic mass is 10.0. The maximum Gasteiger partial charge on any atom is 0.287 e. The number of ether oxygens (including phenoxy) is 1. The Kier molecular flexibility index (Phi) is 3.42. The Labute approximate surface area is 102 Å². The number of nitrogen functional groups attached to an aromatic ring is 1. The van der Waals surface area contributed by atoms with Crippen LogP contribution in [0.1, 0.15) is 5.69 Å². The Morgan fingerprint density at radius 3 is 2.94 bits per heavy atom. The Balaban J connectivity index is 1.78. The molecular weight excluding hydrogens is 242 g/mol. The fourth-order valence-electron chi connectivity index (χ4n) is 1.62. The van der Waals surface area contributed by atoms with Crippen LogP contribution in [0.2, 0.25) is 0 Å². The zero-order valence-electron chi connectivity index (χ0n) is 9.50. The topological polar surface area (TPSA) is 139 Å². The molecule has 0 aromatic carbocycles. The number of nitrogens with one attached hydrogen (secondary N) is 1. The van der Waals surface area contributed by atoms with Crippen LogP contribution in [0, 0.1) is 11.3 Å². The quantitative estimate of drug-likeness (QED) is 0.416. The molecule has 0 bridgehead atoms. The van der Waals surface area contributed by atoms with E-state index >= 15 is 0 Å². The summed E-state index contributed by atoms with van der Waals surface area (Å²) in [5.41, 5.74) is 5.32. The van der Waals surface area contributed by atoms with E-state index in [0.29, 0.717) is 19.7 Å². The number of aliphatic hydroxyl groups is 1. The zero-order chi connectivity index (χ0) is 13.1. The van der Waals surface area contributed by atoms with Crippen molar-refractivity contribution in [3.8, 4) is 5.88 Å². The summed E-state index contributed by atoms with van der Waals surface area (Å²) in [5.74, 6) is -0.331. The van der Waals surface area contributed by atoms with Crippen LogP contribution in [-0.2, 0) is 4.79 Å². The number of amidine groups is 1. The highest BCUT2D eigenvalue weighted by Gasteiger charge is 2.31. The first-order valence-electron chi connectivity index (χ1n) is 5.30. The summed E-state index contributed by atoms with van der Waals surface area (Å²) in [6.45, 7) is 0.902. The van der Waals surface area contributed by atoms with E-state index in [1.165, 1.54) is 4.90 Å². The Hall–Kier alpha value is -2.16. The van der Waals surface area contributed by atoms with E-state index in [2.05, 4.69) is 14.9 Å². The monoisotopic (exact) mass is 255 g/mol. The molecule has 0 radical (unpaired) electrons. The third kappa shape index (κ3) is 2.40. The number of aromatic nitrogens is 2. The molecule has 4 N–H and O–H groups in total. The van der Waals surface area contributed by atoms with Gasteiger partial charge in [0, 0.05) is 19.0 Å². The summed E-state index contributed by atoms with van der Waals surface area (Å²) in [6, 6.07) is 0. The van der Waals surface area contributed by atoms with Crippen LogP contribution in [0.5, 0.6) is 5.88 Å². The predicted octanol–water partition coefficient (Wildman–Crippen LogP) is -1.82. The number of nitrogens with zero attached hydrogens (tertiary/aromatic N) is 3. The van der Waals surface area contributed by atoms with Gasteiger partial charge in [-0.25, -0.2) is 4.63 Å². The van der Waals surface area contributed by atoms with Gasteiger partial charge in [-0.3, -0.25) is 10.2 Å². The van der Waals surface area contributed by atoms with Crippen molar-refractivity contribution in [3.63, 3.8) is 0 Å². The average Bonchev–Trinajstić information content (AvgIpc) is 2.74. The van der Waals surface area contributed by atoms with Gasteiger partial charge in [0.15, 0.2) is 5.84 Å². The molecule has 1 aliphatic rings. The Bertz CT molecular complexity index is 454. The van der Waals surface area contributed by atoms with Gasteiger partial charge in [0.1, 0.15) is 6.61 Å². The first-order chi connectivity index (χ1) is 8.61. The van der Waals surface area contributed by atoms with E-state index in [-0.39, 0.29) is 29.2 Å². The summed E-state index contributed by atoms with van der Waals surface area (Å²) >= 11 is 0. The molecule has 1 saturated heterocycles. The molecule has 2 heterocycles. The number of carbonyl (C=O) groups is 1. The third-order valence-corrected chi connectivity index (χ3v) is 2.61. The minimum absolute atomic E-state index is 0.0672. The molecule has 1 aromatic heterocycles. The molecule has 9 nitrogen and oxygen atoms in total. The number of nitrogens with two attached hydrogens (primary N) is 1. The van der Waals surface area contributed by atoms with E-state index in [1.807, 2.05) is 0 Å². The van der Waals surface area contributed by atoms with Crippen LogP contribution in [-0.4, -0.2) is 58.4 Å². The fourth-order valence-corrected chi connectivity index (χ4v) is 1.62. The molecule has 98 valence electrons. The molecule has 0 saturated carbocycles. The first kappa shape index (κ1) is 12.3. The molecule has 2 rings (SSSR count). The third-order valence-electron chi connectivity index (χ3n) is 2.61. The lowest BCUT2D eigenvalue weighted by Gasteiger charge is -2.38. The van der Waals surface area contributed by atoms with Crippen molar-refractivity contribution in [2.24, 2.45) is 11.7 Å². The summed E-state index contributed by atoms with van der Waals surface area (Å²) in [7, 11) is 0. The number of hydrogen-bond donors (Lipinski definition) is 3.